The molecular weight excluding hydrogens is 358 g/mol. The second kappa shape index (κ2) is 9.64. The topological polar surface area (TPSA) is 87.7 Å². The average molecular weight is 384 g/mol. The van der Waals surface area contributed by atoms with Crippen molar-refractivity contribution in [1.82, 2.24) is 10.6 Å². The monoisotopic (exact) mass is 384 g/mol. The Hall–Kier alpha value is -2.22. The van der Waals surface area contributed by atoms with E-state index in [0.29, 0.717) is 0 Å². The zero-order valence-electron chi connectivity index (χ0n) is 15.3. The molecule has 1 fully saturated rings. The first-order chi connectivity index (χ1) is 12.8. The van der Waals surface area contributed by atoms with Crippen LogP contribution in [0.3, 0.4) is 0 Å². The van der Waals surface area contributed by atoms with Gasteiger partial charge in [-0.2, -0.15) is 8.78 Å². The minimum Gasteiger partial charge on any atom is -0.434 e. The number of hydrogen-bond acceptors (Lipinski definition) is 4. The van der Waals surface area contributed by atoms with Gasteiger partial charge in [-0.1, -0.05) is 31.4 Å². The molecule has 8 heteroatoms. The molecule has 3 N–H and O–H groups in total. The fraction of sp³-hybridized carbons (Fsp3) is 0.579. The molecule has 0 heterocycles. The summed E-state index contributed by atoms with van der Waals surface area (Å²) in [6.45, 7) is -1.58. The third-order valence-electron chi connectivity index (χ3n) is 4.89. The van der Waals surface area contributed by atoms with Crippen LogP contribution >= 0.6 is 0 Å². The first kappa shape index (κ1) is 21.1. The van der Waals surface area contributed by atoms with Crippen LogP contribution in [0.1, 0.15) is 49.4 Å². The summed E-state index contributed by atoms with van der Waals surface area (Å²) in [6, 6.07) is 5.56. The number of alkyl halides is 2. The lowest BCUT2D eigenvalue weighted by molar-refractivity contribution is -0.122. The average Bonchev–Trinajstić information content (AvgIpc) is 2.65. The summed E-state index contributed by atoms with van der Waals surface area (Å²) in [5, 5.41) is 15.6. The van der Waals surface area contributed by atoms with Crippen LogP contribution in [0.15, 0.2) is 24.3 Å². The highest BCUT2D eigenvalue weighted by Crippen LogP contribution is 2.32. The number of nitrogens with one attached hydrogen (secondary N) is 2. The lowest BCUT2D eigenvalue weighted by Crippen LogP contribution is -2.48. The smallest absolute Gasteiger partial charge is 0.387 e. The quantitative estimate of drug-likeness (QED) is 0.643. The molecule has 0 aliphatic heterocycles. The molecule has 1 aliphatic rings. The van der Waals surface area contributed by atoms with E-state index in [0.717, 1.165) is 25.7 Å². The van der Waals surface area contributed by atoms with Crippen LogP contribution in [0, 0.1) is 5.92 Å². The maximum atomic E-state index is 12.4. The molecule has 1 aromatic carbocycles. The summed E-state index contributed by atoms with van der Waals surface area (Å²) in [5.41, 5.74) is -1.09. The molecule has 0 spiro atoms. The molecule has 150 valence electrons. The van der Waals surface area contributed by atoms with Gasteiger partial charge in [-0.05, 0) is 37.8 Å². The highest BCUT2D eigenvalue weighted by Gasteiger charge is 2.33. The summed E-state index contributed by atoms with van der Waals surface area (Å²) in [6.07, 6.45) is 5.18. The van der Waals surface area contributed by atoms with Gasteiger partial charge in [0.25, 0.3) is 5.91 Å². The molecule has 1 atom stereocenters. The Kier molecular flexibility index (Phi) is 7.53. The van der Waals surface area contributed by atoms with Gasteiger partial charge in [-0.3, -0.25) is 9.59 Å². The molecule has 27 heavy (non-hydrogen) atoms. The van der Waals surface area contributed by atoms with Crippen molar-refractivity contribution in [2.75, 3.05) is 13.1 Å². The Labute approximate surface area is 157 Å². The fourth-order valence-corrected chi connectivity index (χ4v) is 3.32. The summed E-state index contributed by atoms with van der Waals surface area (Å²) < 4.78 is 29.1. The fourth-order valence-electron chi connectivity index (χ4n) is 3.32. The van der Waals surface area contributed by atoms with Gasteiger partial charge in [0.15, 0.2) is 0 Å². The molecule has 1 aromatic rings. The number of carbonyl (C=O) groups is 2. The van der Waals surface area contributed by atoms with Crippen LogP contribution in [-0.2, 0) is 4.79 Å². The van der Waals surface area contributed by atoms with E-state index in [1.165, 1.54) is 30.7 Å². The van der Waals surface area contributed by atoms with Gasteiger partial charge in [-0.25, -0.2) is 0 Å². The first-order valence-electron chi connectivity index (χ1n) is 9.10. The van der Waals surface area contributed by atoms with Crippen LogP contribution in [0.5, 0.6) is 5.75 Å². The molecule has 1 unspecified atom stereocenters. The van der Waals surface area contributed by atoms with Crippen molar-refractivity contribution >= 4 is 11.8 Å². The van der Waals surface area contributed by atoms with Gasteiger partial charge >= 0.3 is 6.61 Å². The van der Waals surface area contributed by atoms with Crippen molar-refractivity contribution in [2.24, 2.45) is 5.92 Å². The minimum absolute atomic E-state index is 0.0835. The van der Waals surface area contributed by atoms with Crippen molar-refractivity contribution in [3.05, 3.63) is 29.8 Å². The first-order valence-corrected chi connectivity index (χ1v) is 9.10. The standard InChI is InChI=1S/C19H26F2N2O4/c1-19(26,13-7-3-2-4-8-13)12-23-16(24)11-22-17(25)14-9-5-6-10-15(14)27-18(20)21/h5-6,9-10,13,18,26H,2-4,7-8,11-12H2,1H3,(H,22,25)(H,23,24). The second-order valence-electron chi connectivity index (χ2n) is 7.03. The highest BCUT2D eigenvalue weighted by atomic mass is 19.3. The van der Waals surface area contributed by atoms with E-state index in [2.05, 4.69) is 15.4 Å². The van der Waals surface area contributed by atoms with Crippen molar-refractivity contribution in [3.8, 4) is 5.75 Å². The van der Waals surface area contributed by atoms with E-state index >= 15 is 0 Å². The Bertz CT molecular complexity index is 646. The van der Waals surface area contributed by atoms with Crippen LogP contribution in [0.25, 0.3) is 0 Å². The number of rotatable bonds is 8. The Balaban J connectivity index is 1.82. The van der Waals surface area contributed by atoms with E-state index in [4.69, 9.17) is 0 Å². The lowest BCUT2D eigenvalue weighted by Gasteiger charge is -2.35. The van der Waals surface area contributed by atoms with Gasteiger partial charge in [0, 0.05) is 6.54 Å². The largest absolute Gasteiger partial charge is 0.434 e. The normalized spacial score (nSPS) is 17.2. The number of amides is 2. The van der Waals surface area contributed by atoms with E-state index in [1.807, 2.05) is 0 Å². The molecule has 0 radical (unpaired) electrons. The predicted molar refractivity (Wildman–Crippen MR) is 95.6 cm³/mol. The van der Waals surface area contributed by atoms with E-state index < -0.39 is 24.0 Å². The van der Waals surface area contributed by atoms with Crippen LogP contribution in [0.2, 0.25) is 0 Å². The summed E-state index contributed by atoms with van der Waals surface area (Å²) in [7, 11) is 0. The molecule has 1 aliphatic carbocycles. The predicted octanol–water partition coefficient (Wildman–Crippen LogP) is 2.47. The van der Waals surface area contributed by atoms with Crippen LogP contribution in [0.4, 0.5) is 8.78 Å². The number of para-hydroxylation sites is 1. The molecule has 1 saturated carbocycles. The van der Waals surface area contributed by atoms with Gasteiger partial charge in [-0.15, -0.1) is 0 Å². The van der Waals surface area contributed by atoms with Crippen molar-refractivity contribution < 1.29 is 28.2 Å². The third kappa shape index (κ3) is 6.46. The number of aliphatic hydroxyl groups is 1. The number of halogens is 2. The maximum Gasteiger partial charge on any atom is 0.387 e. The van der Waals surface area contributed by atoms with E-state index in [-0.39, 0.29) is 30.3 Å². The van der Waals surface area contributed by atoms with Crippen molar-refractivity contribution in [2.45, 2.75) is 51.2 Å². The molecule has 2 rings (SSSR count). The lowest BCUT2D eigenvalue weighted by atomic mass is 9.78. The maximum absolute atomic E-state index is 12.4. The van der Waals surface area contributed by atoms with Gasteiger partial charge in [0.05, 0.1) is 17.7 Å². The Morgan fingerprint density at radius 2 is 1.89 bits per heavy atom. The van der Waals surface area contributed by atoms with Crippen molar-refractivity contribution in [3.63, 3.8) is 0 Å². The minimum atomic E-state index is -3.05. The molecule has 2 amide bonds. The summed E-state index contributed by atoms with van der Waals surface area (Å²) in [4.78, 5) is 24.1. The second-order valence-corrected chi connectivity index (χ2v) is 7.03. The number of hydrogen-bond donors (Lipinski definition) is 3. The summed E-state index contributed by atoms with van der Waals surface area (Å²) >= 11 is 0. The van der Waals surface area contributed by atoms with Gasteiger partial charge in [0.2, 0.25) is 5.91 Å². The van der Waals surface area contributed by atoms with Crippen LogP contribution in [-0.4, -0.2) is 42.2 Å². The SMILES string of the molecule is CC(O)(CNC(=O)CNC(=O)c1ccccc1OC(F)F)C1CCCCC1. The summed E-state index contributed by atoms with van der Waals surface area (Å²) in [5.74, 6) is -1.28. The van der Waals surface area contributed by atoms with E-state index in [1.54, 1.807) is 6.92 Å². The highest BCUT2D eigenvalue weighted by molar-refractivity contribution is 5.98. The molecule has 0 saturated heterocycles. The number of ether oxygens (including phenoxy) is 1. The van der Waals surface area contributed by atoms with E-state index in [9.17, 15) is 23.5 Å². The Morgan fingerprint density at radius 1 is 1.22 bits per heavy atom. The molecule has 6 nitrogen and oxygen atoms in total. The van der Waals surface area contributed by atoms with Gasteiger partial charge in [0.1, 0.15) is 5.75 Å². The molecule has 0 aromatic heterocycles. The van der Waals surface area contributed by atoms with Crippen molar-refractivity contribution in [1.29, 1.82) is 0 Å². The molecular formula is C19H26F2N2O4. The zero-order chi connectivity index (χ0) is 19.9. The third-order valence-corrected chi connectivity index (χ3v) is 4.89. The van der Waals surface area contributed by atoms with Crippen LogP contribution < -0.4 is 15.4 Å². The molecule has 0 bridgehead atoms. The van der Waals surface area contributed by atoms with Gasteiger partial charge < -0.3 is 20.5 Å². The number of carbonyl (C=O) groups excluding carboxylic acids is 2. The zero-order valence-corrected chi connectivity index (χ0v) is 15.3. The number of benzene rings is 1. The Morgan fingerprint density at radius 3 is 2.56 bits per heavy atom.